The van der Waals surface area contributed by atoms with Crippen molar-refractivity contribution in [3.8, 4) is 23.0 Å². The molecule has 1 unspecified atom stereocenters. The van der Waals surface area contributed by atoms with Crippen LogP contribution < -0.4 is 14.8 Å². The highest BCUT2D eigenvalue weighted by Gasteiger charge is 2.31. The molecular formula is C25H26N2O6. The van der Waals surface area contributed by atoms with Gasteiger partial charge in [-0.05, 0) is 62.9 Å². The number of rotatable bonds is 10. The Morgan fingerprint density at radius 3 is 2.61 bits per heavy atom. The van der Waals surface area contributed by atoms with Crippen LogP contribution in [-0.4, -0.2) is 29.7 Å². The fraction of sp³-hybridized carbons (Fsp3) is 0.320. The van der Waals surface area contributed by atoms with Crippen LogP contribution in [-0.2, 0) is 22.6 Å². The molecule has 0 bridgehead atoms. The number of cyclic esters (lactones) is 1. The second-order valence-corrected chi connectivity index (χ2v) is 7.67. The Bertz CT molecular complexity index is 1130. The number of benzene rings is 2. The molecule has 172 valence electrons. The zero-order valence-corrected chi connectivity index (χ0v) is 18.6. The highest BCUT2D eigenvalue weighted by molar-refractivity contribution is 5.99. The Balaban J connectivity index is 1.38. The van der Waals surface area contributed by atoms with Crippen LogP contribution in [0.3, 0.4) is 0 Å². The molecule has 4 rings (SSSR count). The summed E-state index contributed by atoms with van der Waals surface area (Å²) in [6.45, 7) is 4.53. The normalized spacial score (nSPS) is 15.3. The SMILES string of the molecule is CCOc1cc(CCCC2OC(=O)NC2=O)ccc1OCc1nc(-c2ccccc2)oc1C. The van der Waals surface area contributed by atoms with E-state index >= 15 is 0 Å². The zero-order valence-electron chi connectivity index (χ0n) is 18.6. The minimum atomic E-state index is -0.710. The lowest BCUT2D eigenvalue weighted by Crippen LogP contribution is -2.24. The van der Waals surface area contributed by atoms with E-state index in [0.717, 1.165) is 16.8 Å². The van der Waals surface area contributed by atoms with Crippen LogP contribution in [0.2, 0.25) is 0 Å². The molecule has 0 radical (unpaired) electrons. The molecule has 2 heterocycles. The van der Waals surface area contributed by atoms with Gasteiger partial charge in [0.2, 0.25) is 5.89 Å². The van der Waals surface area contributed by atoms with E-state index in [2.05, 4.69) is 10.3 Å². The van der Waals surface area contributed by atoms with Gasteiger partial charge in [-0.25, -0.2) is 9.78 Å². The minimum Gasteiger partial charge on any atom is -0.490 e. The molecule has 2 amide bonds. The first-order valence-electron chi connectivity index (χ1n) is 10.9. The van der Waals surface area contributed by atoms with Gasteiger partial charge in [-0.15, -0.1) is 0 Å². The van der Waals surface area contributed by atoms with E-state index in [9.17, 15) is 9.59 Å². The van der Waals surface area contributed by atoms with Gasteiger partial charge in [0.25, 0.3) is 5.91 Å². The summed E-state index contributed by atoms with van der Waals surface area (Å²) >= 11 is 0. The molecule has 8 heteroatoms. The third-order valence-corrected chi connectivity index (χ3v) is 5.28. The van der Waals surface area contributed by atoms with E-state index in [4.69, 9.17) is 18.6 Å². The summed E-state index contributed by atoms with van der Waals surface area (Å²) in [5.74, 6) is 2.16. The van der Waals surface area contributed by atoms with Crippen molar-refractivity contribution in [1.82, 2.24) is 10.3 Å². The molecule has 33 heavy (non-hydrogen) atoms. The number of aryl methyl sites for hydroxylation is 2. The monoisotopic (exact) mass is 450 g/mol. The lowest BCUT2D eigenvalue weighted by atomic mass is 10.1. The van der Waals surface area contributed by atoms with Crippen molar-refractivity contribution >= 4 is 12.0 Å². The second kappa shape index (κ2) is 10.2. The topological polar surface area (TPSA) is 99.9 Å². The number of ether oxygens (including phenoxy) is 3. The van der Waals surface area contributed by atoms with Gasteiger partial charge in [0.1, 0.15) is 18.1 Å². The molecule has 1 aliphatic rings. The van der Waals surface area contributed by atoms with E-state index in [1.54, 1.807) is 0 Å². The van der Waals surface area contributed by atoms with Crippen LogP contribution >= 0.6 is 0 Å². The number of carbonyl (C=O) groups excluding carboxylic acids is 2. The van der Waals surface area contributed by atoms with Crippen molar-refractivity contribution in [2.75, 3.05) is 6.61 Å². The van der Waals surface area contributed by atoms with Gasteiger partial charge in [0.05, 0.1) is 6.61 Å². The maximum absolute atomic E-state index is 11.6. The van der Waals surface area contributed by atoms with Crippen molar-refractivity contribution in [3.05, 3.63) is 65.5 Å². The third kappa shape index (κ3) is 5.52. The molecule has 1 atom stereocenters. The van der Waals surface area contributed by atoms with Crippen molar-refractivity contribution in [3.63, 3.8) is 0 Å². The van der Waals surface area contributed by atoms with Crippen molar-refractivity contribution < 1.29 is 28.2 Å². The summed E-state index contributed by atoms with van der Waals surface area (Å²) in [5.41, 5.74) is 2.68. The Labute approximate surface area is 191 Å². The molecule has 1 N–H and O–H groups in total. The number of alkyl carbamates (subject to hydrolysis) is 1. The Morgan fingerprint density at radius 1 is 1.06 bits per heavy atom. The van der Waals surface area contributed by atoms with Gasteiger partial charge in [-0.1, -0.05) is 24.3 Å². The fourth-order valence-corrected chi connectivity index (χ4v) is 3.58. The number of nitrogens with zero attached hydrogens (tertiary/aromatic N) is 1. The van der Waals surface area contributed by atoms with Gasteiger partial charge in [-0.3, -0.25) is 10.1 Å². The summed E-state index contributed by atoms with van der Waals surface area (Å²) < 4.78 is 22.5. The third-order valence-electron chi connectivity index (χ3n) is 5.28. The number of aromatic nitrogens is 1. The molecule has 0 spiro atoms. The smallest absolute Gasteiger partial charge is 0.414 e. The zero-order chi connectivity index (χ0) is 23.2. The molecule has 3 aromatic rings. The molecular weight excluding hydrogens is 424 g/mol. The summed E-state index contributed by atoms with van der Waals surface area (Å²) in [4.78, 5) is 27.3. The maximum Gasteiger partial charge on any atom is 0.414 e. The predicted octanol–water partition coefficient (Wildman–Crippen LogP) is 4.59. The summed E-state index contributed by atoms with van der Waals surface area (Å²) in [6.07, 6.45) is 0.484. The molecule has 1 aliphatic heterocycles. The fourth-order valence-electron chi connectivity index (χ4n) is 3.58. The Morgan fingerprint density at radius 2 is 1.88 bits per heavy atom. The van der Waals surface area contributed by atoms with E-state index in [0.29, 0.717) is 49.0 Å². The molecule has 1 fully saturated rings. The highest BCUT2D eigenvalue weighted by Crippen LogP contribution is 2.31. The maximum atomic E-state index is 11.6. The molecule has 1 saturated heterocycles. The van der Waals surface area contributed by atoms with Gasteiger partial charge in [0.15, 0.2) is 17.6 Å². The summed E-state index contributed by atoms with van der Waals surface area (Å²) in [7, 11) is 0. The van der Waals surface area contributed by atoms with Crippen molar-refractivity contribution in [1.29, 1.82) is 0 Å². The lowest BCUT2D eigenvalue weighted by Gasteiger charge is -2.13. The highest BCUT2D eigenvalue weighted by atomic mass is 16.6. The average Bonchev–Trinajstić information content (AvgIpc) is 3.34. The molecule has 2 aromatic carbocycles. The van der Waals surface area contributed by atoms with Gasteiger partial charge < -0.3 is 18.6 Å². The first kappa shape index (κ1) is 22.4. The van der Waals surface area contributed by atoms with Crippen LogP contribution in [0.4, 0.5) is 4.79 Å². The average molecular weight is 450 g/mol. The Hall–Kier alpha value is -3.81. The second-order valence-electron chi connectivity index (χ2n) is 7.67. The lowest BCUT2D eigenvalue weighted by molar-refractivity contribution is -0.123. The summed E-state index contributed by atoms with van der Waals surface area (Å²) in [5, 5.41) is 2.14. The van der Waals surface area contributed by atoms with E-state index < -0.39 is 12.2 Å². The largest absolute Gasteiger partial charge is 0.490 e. The summed E-state index contributed by atoms with van der Waals surface area (Å²) in [6, 6.07) is 15.5. The number of carbonyl (C=O) groups is 2. The molecule has 8 nitrogen and oxygen atoms in total. The van der Waals surface area contributed by atoms with Crippen molar-refractivity contribution in [2.45, 2.75) is 45.8 Å². The van der Waals surface area contributed by atoms with E-state index in [1.807, 2.05) is 62.4 Å². The number of hydrogen-bond acceptors (Lipinski definition) is 7. The van der Waals surface area contributed by atoms with Gasteiger partial charge >= 0.3 is 6.09 Å². The Kier molecular flexibility index (Phi) is 6.92. The van der Waals surface area contributed by atoms with Crippen molar-refractivity contribution in [2.24, 2.45) is 0 Å². The van der Waals surface area contributed by atoms with Crippen LogP contribution in [0.25, 0.3) is 11.5 Å². The van der Waals surface area contributed by atoms with E-state index in [1.165, 1.54) is 0 Å². The number of amides is 2. The number of nitrogens with one attached hydrogen (secondary N) is 1. The predicted molar refractivity (Wildman–Crippen MR) is 120 cm³/mol. The molecule has 1 aromatic heterocycles. The first-order valence-corrected chi connectivity index (χ1v) is 10.9. The number of imide groups is 1. The van der Waals surface area contributed by atoms with E-state index in [-0.39, 0.29) is 12.5 Å². The van der Waals surface area contributed by atoms with Crippen LogP contribution in [0.15, 0.2) is 52.9 Å². The van der Waals surface area contributed by atoms with Gasteiger partial charge in [0, 0.05) is 5.56 Å². The quantitative estimate of drug-likeness (QED) is 0.482. The minimum absolute atomic E-state index is 0.254. The molecule has 0 aliphatic carbocycles. The van der Waals surface area contributed by atoms with Crippen LogP contribution in [0.5, 0.6) is 11.5 Å². The first-order chi connectivity index (χ1) is 16.0. The van der Waals surface area contributed by atoms with Crippen LogP contribution in [0.1, 0.15) is 36.8 Å². The number of oxazole rings is 1. The standard InChI is InChI=1S/C25H26N2O6/c1-3-30-22-14-17(8-7-11-21-23(28)27-25(29)33-21)12-13-20(22)31-15-19-16(2)32-24(26-19)18-9-5-4-6-10-18/h4-6,9-10,12-14,21H,3,7-8,11,15H2,1-2H3,(H,27,28,29). The van der Waals surface area contributed by atoms with Crippen LogP contribution in [0, 0.1) is 6.92 Å². The number of hydrogen-bond donors (Lipinski definition) is 1. The van der Waals surface area contributed by atoms with Gasteiger partial charge in [-0.2, -0.15) is 0 Å². The molecule has 0 saturated carbocycles.